The Bertz CT molecular complexity index is 1810. The van der Waals surface area contributed by atoms with E-state index in [1.807, 2.05) is 13.9 Å². The standard InChI is InChI=1S/C29H29B2F4N5O3/c30-20-10-16-8-17(28(43)40(13-29(33,34)35)12-19(16)23-25(20)37-38-26(23)31)11-22(41)39-6-4-14(5-7-39)18-9-15-2-1-3-21(32)24(15)36-27(18)42/h1-3,9-10,14,17H,4-8,11-13,30-31H2,(H,36,42)(H,37,38)/t17-/m0/s1. The minimum absolute atomic E-state index is 0.141. The van der Waals surface area contributed by atoms with Gasteiger partial charge in [-0.3, -0.25) is 19.5 Å². The van der Waals surface area contributed by atoms with Crippen LogP contribution in [0.4, 0.5) is 17.6 Å². The van der Waals surface area contributed by atoms with Crippen LogP contribution in [0.1, 0.15) is 41.9 Å². The number of likely N-dealkylation sites (tertiary alicyclic amines) is 1. The maximum atomic E-state index is 14.1. The van der Waals surface area contributed by atoms with Crippen molar-refractivity contribution in [2.45, 2.75) is 44.3 Å². The number of pyridine rings is 1. The lowest BCUT2D eigenvalue weighted by molar-refractivity contribution is -0.165. The van der Waals surface area contributed by atoms with Gasteiger partial charge in [-0.25, -0.2) is 4.39 Å². The molecule has 1 atom stereocenters. The molecule has 2 aliphatic rings. The van der Waals surface area contributed by atoms with Crippen LogP contribution in [0.25, 0.3) is 21.8 Å². The van der Waals surface area contributed by atoms with E-state index in [-0.39, 0.29) is 42.3 Å². The molecule has 1 saturated heterocycles. The van der Waals surface area contributed by atoms with Crippen LogP contribution in [-0.2, 0) is 22.6 Å². The van der Waals surface area contributed by atoms with Gasteiger partial charge in [0.05, 0.1) is 17.0 Å². The van der Waals surface area contributed by atoms with Gasteiger partial charge in [-0.05, 0) is 48.4 Å². The molecule has 4 heterocycles. The number of halogens is 4. The van der Waals surface area contributed by atoms with Crippen molar-refractivity contribution >= 4 is 60.4 Å². The topological polar surface area (TPSA) is 102 Å². The van der Waals surface area contributed by atoms with Crippen molar-refractivity contribution in [2.75, 3.05) is 19.6 Å². The highest BCUT2D eigenvalue weighted by molar-refractivity contribution is 6.43. The van der Waals surface area contributed by atoms with Gasteiger partial charge in [0.15, 0.2) is 7.85 Å². The van der Waals surface area contributed by atoms with Crippen molar-refractivity contribution in [1.82, 2.24) is 25.0 Å². The van der Waals surface area contributed by atoms with Gasteiger partial charge >= 0.3 is 6.18 Å². The van der Waals surface area contributed by atoms with Crippen LogP contribution >= 0.6 is 0 Å². The second-order valence-electron chi connectivity index (χ2n) is 11.7. The zero-order valence-electron chi connectivity index (χ0n) is 23.8. The van der Waals surface area contributed by atoms with Crippen LogP contribution in [0.15, 0.2) is 35.1 Å². The first kappa shape index (κ1) is 29.0. The molecule has 1 fully saturated rings. The van der Waals surface area contributed by atoms with Gasteiger partial charge in [-0.15, -0.1) is 0 Å². The van der Waals surface area contributed by atoms with E-state index in [0.29, 0.717) is 48.0 Å². The number of aromatic nitrogens is 3. The molecule has 0 radical (unpaired) electrons. The van der Waals surface area contributed by atoms with E-state index in [1.165, 1.54) is 6.07 Å². The number of rotatable bonds is 4. The van der Waals surface area contributed by atoms with Crippen molar-refractivity contribution in [2.24, 2.45) is 5.92 Å². The molecule has 0 saturated carbocycles. The molecular formula is C29H29B2F4N5O3. The van der Waals surface area contributed by atoms with Gasteiger partial charge in [-0.2, -0.15) is 18.3 Å². The molecule has 6 rings (SSSR count). The van der Waals surface area contributed by atoms with Crippen molar-refractivity contribution in [3.63, 3.8) is 0 Å². The molecule has 0 bridgehead atoms. The van der Waals surface area contributed by atoms with Crippen LogP contribution in [0.5, 0.6) is 0 Å². The lowest BCUT2D eigenvalue weighted by Gasteiger charge is -2.33. The second kappa shape index (κ2) is 10.9. The minimum atomic E-state index is -4.60. The Morgan fingerprint density at radius 1 is 1.09 bits per heavy atom. The number of aromatic amines is 2. The predicted molar refractivity (Wildman–Crippen MR) is 159 cm³/mol. The summed E-state index contributed by atoms with van der Waals surface area (Å²) in [6.45, 7) is -0.952. The van der Waals surface area contributed by atoms with Gasteiger partial charge in [-0.1, -0.05) is 23.7 Å². The Labute approximate surface area is 245 Å². The molecule has 43 heavy (non-hydrogen) atoms. The van der Waals surface area contributed by atoms with Crippen LogP contribution in [0.2, 0.25) is 0 Å². The average molecular weight is 593 g/mol. The normalized spacial score (nSPS) is 18.3. The zero-order valence-corrected chi connectivity index (χ0v) is 23.8. The first-order chi connectivity index (χ1) is 20.4. The summed E-state index contributed by atoms with van der Waals surface area (Å²) >= 11 is 0. The number of amides is 2. The zero-order chi connectivity index (χ0) is 30.6. The highest BCUT2D eigenvalue weighted by atomic mass is 19.4. The number of carbonyl (C=O) groups excluding carboxylic acids is 2. The molecule has 8 nitrogen and oxygen atoms in total. The van der Waals surface area contributed by atoms with E-state index < -0.39 is 30.4 Å². The number of para-hydroxylation sites is 1. The summed E-state index contributed by atoms with van der Waals surface area (Å²) in [6, 6.07) is 8.14. The summed E-state index contributed by atoms with van der Waals surface area (Å²) in [5.41, 5.74) is 3.91. The Morgan fingerprint density at radius 2 is 1.84 bits per heavy atom. The number of H-pyrrole nitrogens is 2. The monoisotopic (exact) mass is 593 g/mol. The van der Waals surface area contributed by atoms with Gasteiger partial charge in [0.1, 0.15) is 20.2 Å². The largest absolute Gasteiger partial charge is 0.406 e. The van der Waals surface area contributed by atoms with Crippen LogP contribution in [0, 0.1) is 11.7 Å². The fourth-order valence-corrected chi connectivity index (χ4v) is 6.72. The number of alkyl halides is 3. The van der Waals surface area contributed by atoms with E-state index in [2.05, 4.69) is 15.2 Å². The number of piperidine rings is 1. The molecule has 2 aromatic carbocycles. The van der Waals surface area contributed by atoms with E-state index in [1.54, 1.807) is 30.9 Å². The van der Waals surface area contributed by atoms with E-state index in [0.717, 1.165) is 26.8 Å². The van der Waals surface area contributed by atoms with E-state index in [9.17, 15) is 31.9 Å². The quantitative estimate of drug-likeness (QED) is 0.272. The maximum absolute atomic E-state index is 14.1. The number of hydrogen-bond acceptors (Lipinski definition) is 4. The molecule has 2 aromatic heterocycles. The summed E-state index contributed by atoms with van der Waals surface area (Å²) in [7, 11) is 3.65. The third kappa shape index (κ3) is 5.54. The maximum Gasteiger partial charge on any atom is 0.406 e. The summed E-state index contributed by atoms with van der Waals surface area (Å²) < 4.78 is 54.8. The number of carbonyl (C=O) groups is 2. The van der Waals surface area contributed by atoms with Gasteiger partial charge in [0.25, 0.3) is 5.56 Å². The number of nitrogens with one attached hydrogen (secondary N) is 2. The first-order valence-electron chi connectivity index (χ1n) is 14.3. The molecule has 2 amide bonds. The Hall–Kier alpha value is -4.09. The third-order valence-corrected chi connectivity index (χ3v) is 8.83. The van der Waals surface area contributed by atoms with Gasteiger partial charge < -0.3 is 14.8 Å². The Morgan fingerprint density at radius 3 is 2.56 bits per heavy atom. The first-order valence-corrected chi connectivity index (χ1v) is 14.3. The lowest BCUT2D eigenvalue weighted by atomic mass is 9.83. The van der Waals surface area contributed by atoms with E-state index in [4.69, 9.17) is 0 Å². The molecule has 222 valence electrons. The number of hydrogen-bond donors (Lipinski definition) is 2. The number of fused-ring (bicyclic) bond motifs is 4. The average Bonchev–Trinajstić information content (AvgIpc) is 3.30. The molecule has 2 N–H and O–H groups in total. The number of benzene rings is 2. The van der Waals surface area contributed by atoms with Crippen LogP contribution in [-0.4, -0.2) is 78.3 Å². The van der Waals surface area contributed by atoms with Crippen molar-refractivity contribution in [1.29, 1.82) is 0 Å². The predicted octanol–water partition coefficient (Wildman–Crippen LogP) is 0.920. The van der Waals surface area contributed by atoms with Crippen molar-refractivity contribution in [3.8, 4) is 0 Å². The highest BCUT2D eigenvalue weighted by Crippen LogP contribution is 2.32. The third-order valence-electron chi connectivity index (χ3n) is 8.83. The SMILES string of the molecule is Bc1cc2c(c3c(B)n[nH]c13)CN(CC(F)(F)F)C(=O)[C@H](CC(=O)N1CCC(c3cc4cccc(F)c4[nH]c3=O)CC1)C2. The molecule has 0 spiro atoms. The van der Waals surface area contributed by atoms with E-state index >= 15 is 0 Å². The van der Waals surface area contributed by atoms with Gasteiger partial charge in [0, 0.05) is 48.0 Å². The smallest absolute Gasteiger partial charge is 0.343 e. The Kier molecular flexibility index (Phi) is 7.34. The van der Waals surface area contributed by atoms with Crippen LogP contribution in [0.3, 0.4) is 0 Å². The second-order valence-corrected chi connectivity index (χ2v) is 11.7. The molecule has 14 heteroatoms. The minimum Gasteiger partial charge on any atom is -0.343 e. The fourth-order valence-electron chi connectivity index (χ4n) is 6.72. The van der Waals surface area contributed by atoms with Crippen LogP contribution < -0.4 is 16.6 Å². The Balaban J connectivity index is 1.21. The molecule has 2 aliphatic heterocycles. The molecular weight excluding hydrogens is 564 g/mol. The van der Waals surface area contributed by atoms with Crippen molar-refractivity contribution in [3.05, 3.63) is 63.2 Å². The summed E-state index contributed by atoms with van der Waals surface area (Å²) in [5, 5.41) is 8.49. The summed E-state index contributed by atoms with van der Waals surface area (Å²) in [4.78, 5) is 44.8. The number of nitrogens with zero attached hydrogens (tertiary/aromatic N) is 3. The highest BCUT2D eigenvalue weighted by Gasteiger charge is 2.39. The molecule has 0 unspecified atom stereocenters. The van der Waals surface area contributed by atoms with Gasteiger partial charge in [0.2, 0.25) is 11.8 Å². The molecule has 0 aliphatic carbocycles. The fraction of sp³-hybridized carbons (Fsp3) is 0.379. The summed E-state index contributed by atoms with van der Waals surface area (Å²) in [6.07, 6.45) is -3.68. The summed E-state index contributed by atoms with van der Waals surface area (Å²) in [5.74, 6) is -2.60. The van der Waals surface area contributed by atoms with Crippen molar-refractivity contribution < 1.29 is 27.2 Å². The molecule has 4 aromatic rings. The lowest BCUT2D eigenvalue weighted by Crippen LogP contribution is -2.44.